The van der Waals surface area contributed by atoms with Gasteiger partial charge in [0.05, 0.1) is 12.1 Å². The Labute approximate surface area is 128 Å². The summed E-state index contributed by atoms with van der Waals surface area (Å²) in [6.45, 7) is 7.17. The van der Waals surface area contributed by atoms with E-state index in [1.165, 1.54) is 0 Å². The summed E-state index contributed by atoms with van der Waals surface area (Å²) in [5.74, 6) is 0. The van der Waals surface area contributed by atoms with E-state index in [0.717, 1.165) is 33.0 Å². The van der Waals surface area contributed by atoms with E-state index in [9.17, 15) is 0 Å². The van der Waals surface area contributed by atoms with Gasteiger partial charge < -0.3 is 5.32 Å². The molecule has 21 heavy (non-hydrogen) atoms. The lowest BCUT2D eigenvalue weighted by Gasteiger charge is -2.19. The fourth-order valence-corrected chi connectivity index (χ4v) is 2.88. The van der Waals surface area contributed by atoms with Gasteiger partial charge in [0.15, 0.2) is 0 Å². The Morgan fingerprint density at radius 1 is 1.10 bits per heavy atom. The van der Waals surface area contributed by atoms with Crippen molar-refractivity contribution in [1.82, 2.24) is 20.5 Å². The van der Waals surface area contributed by atoms with E-state index >= 15 is 0 Å². The minimum absolute atomic E-state index is 0.0786. The third kappa shape index (κ3) is 3.25. The van der Waals surface area contributed by atoms with E-state index in [4.69, 9.17) is 0 Å². The molecule has 3 aromatic rings. The van der Waals surface area contributed by atoms with Crippen LogP contribution in [0.4, 0.5) is 0 Å². The first kappa shape index (κ1) is 14.1. The average Bonchev–Trinajstić information content (AvgIpc) is 2.92. The number of benzene rings is 1. The quantitative estimate of drug-likeness (QED) is 0.802. The maximum Gasteiger partial charge on any atom is 0.148 e. The predicted octanol–water partition coefficient (Wildman–Crippen LogP) is 3.64. The Bertz CT molecular complexity index is 753. The van der Waals surface area contributed by atoms with Crippen molar-refractivity contribution in [3.8, 4) is 10.6 Å². The Hall–Kier alpha value is -1.85. The Morgan fingerprint density at radius 3 is 2.71 bits per heavy atom. The van der Waals surface area contributed by atoms with Crippen LogP contribution in [-0.2, 0) is 6.54 Å². The van der Waals surface area contributed by atoms with Crippen LogP contribution in [0.5, 0.6) is 0 Å². The van der Waals surface area contributed by atoms with Crippen LogP contribution >= 0.6 is 11.3 Å². The zero-order chi connectivity index (χ0) is 14.9. The van der Waals surface area contributed by atoms with Gasteiger partial charge in [-0.3, -0.25) is 4.98 Å². The van der Waals surface area contributed by atoms with Gasteiger partial charge in [0.25, 0.3) is 0 Å². The molecule has 0 fully saturated rings. The first-order valence-electron chi connectivity index (χ1n) is 6.94. The monoisotopic (exact) mass is 298 g/mol. The van der Waals surface area contributed by atoms with E-state index < -0.39 is 0 Å². The normalized spacial score (nSPS) is 12.0. The Morgan fingerprint density at radius 2 is 1.90 bits per heavy atom. The first-order valence-corrected chi connectivity index (χ1v) is 7.76. The number of nitrogens with zero attached hydrogens (tertiary/aromatic N) is 3. The van der Waals surface area contributed by atoms with Crippen LogP contribution in [-0.4, -0.2) is 20.7 Å². The number of nitrogens with one attached hydrogen (secondary N) is 1. The maximum absolute atomic E-state index is 4.39. The second-order valence-corrected chi connectivity index (χ2v) is 7.04. The van der Waals surface area contributed by atoms with Crippen molar-refractivity contribution in [3.05, 3.63) is 41.5 Å². The summed E-state index contributed by atoms with van der Waals surface area (Å²) in [6, 6.07) is 10.1. The lowest BCUT2D eigenvalue weighted by molar-refractivity contribution is 0.423. The minimum atomic E-state index is 0.0786. The van der Waals surface area contributed by atoms with Crippen LogP contribution in [0, 0.1) is 0 Å². The molecule has 0 unspecified atom stereocenters. The van der Waals surface area contributed by atoms with Crippen LogP contribution in [0.3, 0.4) is 0 Å². The van der Waals surface area contributed by atoms with E-state index in [2.05, 4.69) is 47.3 Å². The summed E-state index contributed by atoms with van der Waals surface area (Å²) in [5.41, 5.74) is 2.16. The number of fused-ring (bicyclic) bond motifs is 1. The largest absolute Gasteiger partial charge is 0.306 e. The van der Waals surface area contributed by atoms with Crippen molar-refractivity contribution in [3.63, 3.8) is 0 Å². The Balaban J connectivity index is 1.92. The van der Waals surface area contributed by atoms with Crippen LogP contribution < -0.4 is 5.32 Å². The number of hydrogen-bond acceptors (Lipinski definition) is 5. The summed E-state index contributed by atoms with van der Waals surface area (Å²) in [6.07, 6.45) is 1.83. The van der Waals surface area contributed by atoms with Crippen LogP contribution in [0.1, 0.15) is 25.8 Å². The lowest BCUT2D eigenvalue weighted by atomic mass is 10.1. The van der Waals surface area contributed by atoms with Gasteiger partial charge in [-0.25, -0.2) is 0 Å². The third-order valence-electron chi connectivity index (χ3n) is 3.12. The van der Waals surface area contributed by atoms with Crippen molar-refractivity contribution < 1.29 is 0 Å². The highest BCUT2D eigenvalue weighted by Gasteiger charge is 2.13. The highest BCUT2D eigenvalue weighted by molar-refractivity contribution is 7.14. The standard InChI is InChI=1S/C16H18N4S/c1-16(2,3)18-10-14-19-20-15(21-14)12-8-9-17-13-7-5-4-6-11(12)13/h4-9,18H,10H2,1-3H3. The van der Waals surface area contributed by atoms with Gasteiger partial charge >= 0.3 is 0 Å². The SMILES string of the molecule is CC(C)(C)NCc1nnc(-c2ccnc3ccccc23)s1. The molecule has 3 rings (SSSR count). The summed E-state index contributed by atoms with van der Waals surface area (Å²) in [4.78, 5) is 4.39. The highest BCUT2D eigenvalue weighted by atomic mass is 32.1. The van der Waals surface area contributed by atoms with E-state index in [-0.39, 0.29) is 5.54 Å². The lowest BCUT2D eigenvalue weighted by Crippen LogP contribution is -2.35. The average molecular weight is 298 g/mol. The molecule has 0 bridgehead atoms. The molecule has 0 amide bonds. The summed E-state index contributed by atoms with van der Waals surface area (Å²) < 4.78 is 0. The zero-order valence-electron chi connectivity index (χ0n) is 12.4. The molecule has 108 valence electrons. The van der Waals surface area contributed by atoms with Crippen molar-refractivity contribution in [1.29, 1.82) is 0 Å². The smallest absolute Gasteiger partial charge is 0.148 e. The summed E-state index contributed by atoms with van der Waals surface area (Å²) in [7, 11) is 0. The molecule has 1 aromatic carbocycles. The fourth-order valence-electron chi connectivity index (χ4n) is 2.06. The molecule has 2 heterocycles. The van der Waals surface area contributed by atoms with Crippen molar-refractivity contribution >= 4 is 22.2 Å². The molecule has 4 nitrogen and oxygen atoms in total. The van der Waals surface area contributed by atoms with Gasteiger partial charge in [-0.05, 0) is 32.9 Å². The van der Waals surface area contributed by atoms with Crippen LogP contribution in [0.25, 0.3) is 21.5 Å². The summed E-state index contributed by atoms with van der Waals surface area (Å²) >= 11 is 1.63. The molecule has 2 aromatic heterocycles. The first-order chi connectivity index (χ1) is 10.0. The van der Waals surface area contributed by atoms with Gasteiger partial charge in [0, 0.05) is 22.7 Å². The molecule has 5 heteroatoms. The van der Waals surface area contributed by atoms with Gasteiger partial charge in [-0.2, -0.15) is 0 Å². The van der Waals surface area contributed by atoms with Gasteiger partial charge in [-0.15, -0.1) is 10.2 Å². The minimum Gasteiger partial charge on any atom is -0.306 e. The van der Waals surface area contributed by atoms with Crippen molar-refractivity contribution in [2.24, 2.45) is 0 Å². The molecule has 0 aliphatic rings. The number of aromatic nitrogens is 3. The molecule has 1 N–H and O–H groups in total. The fraction of sp³-hybridized carbons (Fsp3) is 0.312. The molecular weight excluding hydrogens is 280 g/mol. The number of rotatable bonds is 3. The molecule has 0 atom stereocenters. The summed E-state index contributed by atoms with van der Waals surface area (Å²) in [5, 5.41) is 15.1. The number of hydrogen-bond donors (Lipinski definition) is 1. The van der Waals surface area contributed by atoms with Crippen molar-refractivity contribution in [2.45, 2.75) is 32.9 Å². The van der Waals surface area contributed by atoms with E-state index in [0.29, 0.717) is 0 Å². The van der Waals surface area contributed by atoms with E-state index in [1.54, 1.807) is 11.3 Å². The topological polar surface area (TPSA) is 50.7 Å². The molecule has 0 saturated heterocycles. The van der Waals surface area contributed by atoms with Crippen molar-refractivity contribution in [2.75, 3.05) is 0 Å². The van der Waals surface area contributed by atoms with Crippen LogP contribution in [0.2, 0.25) is 0 Å². The maximum atomic E-state index is 4.39. The van der Waals surface area contributed by atoms with E-state index in [1.807, 2.05) is 30.5 Å². The molecular formula is C16H18N4S. The number of para-hydroxylation sites is 1. The Kier molecular flexibility index (Phi) is 3.69. The second kappa shape index (κ2) is 5.50. The van der Waals surface area contributed by atoms with Gasteiger partial charge in [0.2, 0.25) is 0 Å². The molecule has 0 radical (unpaired) electrons. The molecule has 0 aliphatic heterocycles. The number of pyridine rings is 1. The predicted molar refractivity (Wildman–Crippen MR) is 87.2 cm³/mol. The molecule has 0 saturated carbocycles. The second-order valence-electron chi connectivity index (χ2n) is 5.98. The third-order valence-corrected chi connectivity index (χ3v) is 4.07. The zero-order valence-corrected chi connectivity index (χ0v) is 13.2. The van der Waals surface area contributed by atoms with Crippen LogP contribution in [0.15, 0.2) is 36.5 Å². The van der Waals surface area contributed by atoms with Gasteiger partial charge in [-0.1, -0.05) is 29.5 Å². The van der Waals surface area contributed by atoms with Gasteiger partial charge in [0.1, 0.15) is 10.0 Å². The highest BCUT2D eigenvalue weighted by Crippen LogP contribution is 2.29. The molecule has 0 spiro atoms. The molecule has 0 aliphatic carbocycles.